The first kappa shape index (κ1) is 21.3. The number of azo groups is 1. The molecular formula is C18H20N12O. The number of nitrogen functional groups attached to an aromatic ring is 1. The first-order valence-electron chi connectivity index (χ1n) is 9.05. The predicted molar refractivity (Wildman–Crippen MR) is 113 cm³/mol. The summed E-state index contributed by atoms with van der Waals surface area (Å²) in [6.45, 7) is 5.95. The molecule has 3 aromatic rings. The molecule has 3 rings (SSSR count). The summed E-state index contributed by atoms with van der Waals surface area (Å²) in [5.41, 5.74) is 6.26. The van der Waals surface area contributed by atoms with Crippen molar-refractivity contribution in [3.63, 3.8) is 0 Å². The molecule has 0 saturated heterocycles. The van der Waals surface area contributed by atoms with Gasteiger partial charge in [-0.2, -0.15) is 15.2 Å². The number of rotatable bonds is 9. The molecule has 0 aliphatic rings. The standard InChI is InChI=1S/C18H20N12O/c1-4-21-15-13(16(26-17(20)25-15)24-11(2)10-31-3)27-28-14-12(8-19)9-30(29-14)18-22-6-5-7-23-18/h4-7,9,11H,1,10H2,2-3H3,(H4,20,21,24,25,26). The van der Waals surface area contributed by atoms with Crippen molar-refractivity contribution in [3.8, 4) is 12.0 Å². The minimum absolute atomic E-state index is 0.0265. The molecule has 0 saturated carbocycles. The van der Waals surface area contributed by atoms with Gasteiger partial charge in [0.25, 0.3) is 5.95 Å². The zero-order valence-corrected chi connectivity index (χ0v) is 16.9. The van der Waals surface area contributed by atoms with Gasteiger partial charge in [0.1, 0.15) is 11.6 Å². The van der Waals surface area contributed by atoms with Crippen molar-refractivity contribution in [2.75, 3.05) is 30.1 Å². The van der Waals surface area contributed by atoms with Crippen LogP contribution in [-0.2, 0) is 4.74 Å². The largest absolute Gasteiger partial charge is 0.383 e. The van der Waals surface area contributed by atoms with Crippen LogP contribution in [0, 0.1) is 11.3 Å². The highest BCUT2D eigenvalue weighted by Crippen LogP contribution is 2.33. The summed E-state index contributed by atoms with van der Waals surface area (Å²) in [5, 5.41) is 28.1. The minimum atomic E-state index is -0.103. The monoisotopic (exact) mass is 420 g/mol. The van der Waals surface area contributed by atoms with Gasteiger partial charge in [0, 0.05) is 25.5 Å². The van der Waals surface area contributed by atoms with Gasteiger partial charge in [0.05, 0.1) is 12.8 Å². The summed E-state index contributed by atoms with van der Waals surface area (Å²) in [6.07, 6.45) is 6.02. The van der Waals surface area contributed by atoms with Gasteiger partial charge in [-0.3, -0.25) is 0 Å². The molecule has 31 heavy (non-hydrogen) atoms. The first-order chi connectivity index (χ1) is 15.0. The molecule has 3 heterocycles. The van der Waals surface area contributed by atoms with E-state index in [4.69, 9.17) is 10.5 Å². The average Bonchev–Trinajstić information content (AvgIpc) is 3.17. The molecule has 0 bridgehead atoms. The second kappa shape index (κ2) is 9.85. The summed E-state index contributed by atoms with van der Waals surface area (Å²) in [5.74, 6) is 1.00. The number of methoxy groups -OCH3 is 1. The maximum absolute atomic E-state index is 9.44. The number of aromatic nitrogens is 6. The Morgan fingerprint density at radius 2 is 2.06 bits per heavy atom. The van der Waals surface area contributed by atoms with Crippen molar-refractivity contribution in [2.45, 2.75) is 13.0 Å². The Bertz CT molecular complexity index is 1120. The second-order valence-electron chi connectivity index (χ2n) is 6.15. The Balaban J connectivity index is 2.02. The molecule has 3 aromatic heterocycles. The van der Waals surface area contributed by atoms with E-state index >= 15 is 0 Å². The van der Waals surface area contributed by atoms with Crippen LogP contribution in [0.2, 0.25) is 0 Å². The normalized spacial score (nSPS) is 11.8. The van der Waals surface area contributed by atoms with Gasteiger partial charge in [-0.25, -0.2) is 14.6 Å². The lowest BCUT2D eigenvalue weighted by atomic mass is 10.3. The Labute approximate surface area is 177 Å². The zero-order valence-electron chi connectivity index (χ0n) is 16.9. The summed E-state index contributed by atoms with van der Waals surface area (Å²) in [7, 11) is 1.59. The number of nitrogens with zero attached hydrogens (tertiary/aromatic N) is 9. The first-order valence-corrected chi connectivity index (χ1v) is 9.05. The Morgan fingerprint density at radius 1 is 1.32 bits per heavy atom. The van der Waals surface area contributed by atoms with Gasteiger partial charge in [0.15, 0.2) is 17.3 Å². The van der Waals surface area contributed by atoms with Crippen LogP contribution in [-0.4, -0.2) is 49.5 Å². The molecule has 4 N–H and O–H groups in total. The van der Waals surface area contributed by atoms with Crippen LogP contribution in [0.4, 0.5) is 29.1 Å². The Kier molecular flexibility index (Phi) is 6.76. The number of ether oxygens (including phenoxy) is 1. The number of hydrogen-bond donors (Lipinski definition) is 3. The summed E-state index contributed by atoms with van der Waals surface area (Å²) in [4.78, 5) is 16.5. The number of nitriles is 1. The third-order valence-corrected chi connectivity index (χ3v) is 3.76. The van der Waals surface area contributed by atoms with Crippen molar-refractivity contribution in [2.24, 2.45) is 10.2 Å². The number of hydrogen-bond acceptors (Lipinski definition) is 12. The van der Waals surface area contributed by atoms with E-state index in [1.807, 2.05) is 13.0 Å². The van der Waals surface area contributed by atoms with Crippen molar-refractivity contribution in [1.82, 2.24) is 29.7 Å². The summed E-state index contributed by atoms with van der Waals surface area (Å²) < 4.78 is 6.49. The van der Waals surface area contributed by atoms with Crippen LogP contribution < -0.4 is 16.4 Å². The highest BCUT2D eigenvalue weighted by atomic mass is 16.5. The fraction of sp³-hybridized carbons (Fsp3) is 0.222. The lowest BCUT2D eigenvalue weighted by Gasteiger charge is -2.16. The molecule has 0 fully saturated rings. The van der Waals surface area contributed by atoms with Crippen molar-refractivity contribution < 1.29 is 4.74 Å². The van der Waals surface area contributed by atoms with E-state index in [0.29, 0.717) is 18.4 Å². The molecular weight excluding hydrogens is 400 g/mol. The molecule has 13 nitrogen and oxygen atoms in total. The van der Waals surface area contributed by atoms with Gasteiger partial charge in [-0.15, -0.1) is 15.3 Å². The van der Waals surface area contributed by atoms with Gasteiger partial charge < -0.3 is 21.1 Å². The van der Waals surface area contributed by atoms with Gasteiger partial charge in [0.2, 0.25) is 11.8 Å². The molecule has 1 unspecified atom stereocenters. The molecule has 0 aliphatic carbocycles. The zero-order chi connectivity index (χ0) is 22.2. The highest BCUT2D eigenvalue weighted by molar-refractivity contribution is 5.75. The lowest BCUT2D eigenvalue weighted by Crippen LogP contribution is -2.22. The highest BCUT2D eigenvalue weighted by Gasteiger charge is 2.17. The van der Waals surface area contributed by atoms with E-state index < -0.39 is 0 Å². The van der Waals surface area contributed by atoms with Crippen LogP contribution in [0.5, 0.6) is 0 Å². The quantitative estimate of drug-likeness (QED) is 0.435. The average molecular weight is 420 g/mol. The third kappa shape index (κ3) is 5.14. The number of nitrogens with two attached hydrogens (primary N) is 1. The smallest absolute Gasteiger partial charge is 0.250 e. The van der Waals surface area contributed by atoms with Crippen LogP contribution in [0.25, 0.3) is 5.95 Å². The molecule has 13 heteroatoms. The van der Waals surface area contributed by atoms with E-state index in [1.54, 1.807) is 25.6 Å². The van der Waals surface area contributed by atoms with Gasteiger partial charge >= 0.3 is 0 Å². The minimum Gasteiger partial charge on any atom is -0.383 e. The molecule has 0 amide bonds. The summed E-state index contributed by atoms with van der Waals surface area (Å²) in [6, 6.07) is 3.60. The fourth-order valence-corrected chi connectivity index (χ4v) is 2.52. The predicted octanol–water partition coefficient (Wildman–Crippen LogP) is 2.32. The molecule has 0 aliphatic heterocycles. The van der Waals surface area contributed by atoms with Crippen molar-refractivity contribution in [1.29, 1.82) is 5.26 Å². The Morgan fingerprint density at radius 3 is 2.74 bits per heavy atom. The number of anilines is 3. The van der Waals surface area contributed by atoms with Crippen LogP contribution in [0.3, 0.4) is 0 Å². The third-order valence-electron chi connectivity index (χ3n) is 3.76. The van der Waals surface area contributed by atoms with E-state index in [-0.39, 0.29) is 34.9 Å². The molecule has 158 valence electrons. The van der Waals surface area contributed by atoms with E-state index in [1.165, 1.54) is 17.1 Å². The molecule has 0 spiro atoms. The summed E-state index contributed by atoms with van der Waals surface area (Å²) >= 11 is 0. The van der Waals surface area contributed by atoms with E-state index in [9.17, 15) is 5.26 Å². The fourth-order valence-electron chi connectivity index (χ4n) is 2.52. The van der Waals surface area contributed by atoms with Crippen molar-refractivity contribution >= 4 is 29.1 Å². The lowest BCUT2D eigenvalue weighted by molar-refractivity contribution is 0.190. The SMILES string of the molecule is C=CNc1nc(N)nc(NC(C)COC)c1N=Nc1nn(-c2ncccn2)cc1C#N. The maximum Gasteiger partial charge on any atom is 0.250 e. The second-order valence-corrected chi connectivity index (χ2v) is 6.15. The Hall–Kier alpha value is -4.44. The van der Waals surface area contributed by atoms with Gasteiger partial charge in [-0.1, -0.05) is 6.58 Å². The van der Waals surface area contributed by atoms with E-state index in [0.717, 1.165) is 0 Å². The van der Waals surface area contributed by atoms with Gasteiger partial charge in [-0.05, 0) is 19.2 Å². The van der Waals surface area contributed by atoms with Crippen LogP contribution in [0.1, 0.15) is 12.5 Å². The number of nitrogens with one attached hydrogen (secondary N) is 2. The van der Waals surface area contributed by atoms with Crippen LogP contribution >= 0.6 is 0 Å². The molecule has 0 radical (unpaired) electrons. The molecule has 1 atom stereocenters. The molecule has 0 aromatic carbocycles. The maximum atomic E-state index is 9.44. The van der Waals surface area contributed by atoms with Crippen LogP contribution in [0.15, 0.2) is 47.7 Å². The van der Waals surface area contributed by atoms with E-state index in [2.05, 4.69) is 52.5 Å². The topological polar surface area (TPSA) is 177 Å². The van der Waals surface area contributed by atoms with Crippen molar-refractivity contribution in [3.05, 3.63) is 43.0 Å².